The third-order valence-corrected chi connectivity index (χ3v) is 5.17. The van der Waals surface area contributed by atoms with Crippen molar-refractivity contribution in [2.75, 3.05) is 31.1 Å². The lowest BCUT2D eigenvalue weighted by Gasteiger charge is -2.35. The molecule has 7 nitrogen and oxygen atoms in total. The lowest BCUT2D eigenvalue weighted by molar-refractivity contribution is -0.126. The molecule has 1 amide bonds. The summed E-state index contributed by atoms with van der Waals surface area (Å²) < 4.78 is 1.92. The summed E-state index contributed by atoms with van der Waals surface area (Å²) >= 11 is 5.89. The number of aromatic nitrogens is 4. The van der Waals surface area contributed by atoms with Crippen molar-refractivity contribution in [2.24, 2.45) is 0 Å². The summed E-state index contributed by atoms with van der Waals surface area (Å²) in [7, 11) is 0. The largest absolute Gasteiger partial charge is 0.353 e. The molecule has 1 aliphatic rings. The van der Waals surface area contributed by atoms with Crippen molar-refractivity contribution in [1.82, 2.24) is 24.4 Å². The monoisotopic (exact) mass is 408 g/mol. The Kier molecular flexibility index (Phi) is 5.57. The SMILES string of the molecule is Cc1nccn1-c1cc(N2CCN(C(=O)/C=C/c3ccc(Cl)cc3)CC2)ncn1. The number of rotatable bonds is 4. The molecule has 0 radical (unpaired) electrons. The molecule has 2 aromatic heterocycles. The van der Waals surface area contributed by atoms with Gasteiger partial charge in [0.2, 0.25) is 5.91 Å². The predicted octanol–water partition coefficient (Wildman–Crippen LogP) is 2.99. The number of carbonyl (C=O) groups excluding carboxylic acids is 1. The molecule has 3 heterocycles. The first-order valence-electron chi connectivity index (χ1n) is 9.40. The number of aryl methyl sites for hydroxylation is 1. The van der Waals surface area contributed by atoms with Crippen molar-refractivity contribution in [3.63, 3.8) is 0 Å². The van der Waals surface area contributed by atoms with E-state index in [4.69, 9.17) is 11.6 Å². The molecule has 29 heavy (non-hydrogen) atoms. The first kappa shape index (κ1) is 19.1. The number of hydrogen-bond donors (Lipinski definition) is 0. The molecule has 0 atom stereocenters. The van der Waals surface area contributed by atoms with E-state index in [1.165, 1.54) is 0 Å². The first-order chi connectivity index (χ1) is 14.1. The minimum absolute atomic E-state index is 0.0111. The van der Waals surface area contributed by atoms with Crippen LogP contribution in [0.4, 0.5) is 5.82 Å². The molecular formula is C21H21ClN6O. The van der Waals surface area contributed by atoms with Crippen LogP contribution >= 0.6 is 11.6 Å². The molecule has 8 heteroatoms. The smallest absolute Gasteiger partial charge is 0.246 e. The van der Waals surface area contributed by atoms with Gasteiger partial charge in [0.25, 0.3) is 0 Å². The molecular weight excluding hydrogens is 388 g/mol. The van der Waals surface area contributed by atoms with Crippen molar-refractivity contribution in [2.45, 2.75) is 6.92 Å². The number of hydrogen-bond acceptors (Lipinski definition) is 5. The summed E-state index contributed by atoms with van der Waals surface area (Å²) in [5, 5.41) is 0.681. The van der Waals surface area contributed by atoms with Crippen molar-refractivity contribution >= 4 is 29.4 Å². The van der Waals surface area contributed by atoms with E-state index in [-0.39, 0.29) is 5.91 Å². The zero-order chi connectivity index (χ0) is 20.2. The first-order valence-corrected chi connectivity index (χ1v) is 9.78. The van der Waals surface area contributed by atoms with Crippen LogP contribution < -0.4 is 4.90 Å². The minimum atomic E-state index is 0.0111. The Morgan fingerprint density at radius 1 is 1.03 bits per heavy atom. The molecule has 0 spiro atoms. The molecule has 1 aliphatic heterocycles. The van der Waals surface area contributed by atoms with E-state index in [9.17, 15) is 4.79 Å². The molecule has 0 aliphatic carbocycles. The third-order valence-electron chi connectivity index (χ3n) is 4.91. The van der Waals surface area contributed by atoms with Crippen LogP contribution in [0.15, 0.2) is 55.1 Å². The van der Waals surface area contributed by atoms with Crippen LogP contribution in [0.3, 0.4) is 0 Å². The van der Waals surface area contributed by atoms with Crippen LogP contribution in [0.25, 0.3) is 11.9 Å². The van der Waals surface area contributed by atoms with E-state index in [0.29, 0.717) is 18.1 Å². The van der Waals surface area contributed by atoms with Crippen LogP contribution in [0.2, 0.25) is 5.02 Å². The molecule has 1 fully saturated rings. The maximum absolute atomic E-state index is 12.5. The number of nitrogens with zero attached hydrogens (tertiary/aromatic N) is 6. The van der Waals surface area contributed by atoms with E-state index < -0.39 is 0 Å². The van der Waals surface area contributed by atoms with Crippen LogP contribution in [0, 0.1) is 6.92 Å². The molecule has 0 N–H and O–H groups in total. The Morgan fingerprint density at radius 3 is 2.45 bits per heavy atom. The summed E-state index contributed by atoms with van der Waals surface area (Å²) in [5.41, 5.74) is 0.949. The summed E-state index contributed by atoms with van der Waals surface area (Å²) in [5.74, 6) is 2.52. The third kappa shape index (κ3) is 4.46. The average Bonchev–Trinajstić information content (AvgIpc) is 3.19. The molecule has 0 saturated carbocycles. The fraction of sp³-hybridized carbons (Fsp3) is 0.238. The van der Waals surface area contributed by atoms with Gasteiger partial charge in [-0.2, -0.15) is 0 Å². The number of halogens is 1. The molecule has 0 unspecified atom stereocenters. The summed E-state index contributed by atoms with van der Waals surface area (Å²) in [6, 6.07) is 9.35. The van der Waals surface area contributed by atoms with Gasteiger partial charge in [0, 0.05) is 55.7 Å². The van der Waals surface area contributed by atoms with Gasteiger partial charge < -0.3 is 9.80 Å². The Balaban J connectivity index is 1.37. The van der Waals surface area contributed by atoms with Crippen molar-refractivity contribution in [1.29, 1.82) is 0 Å². The molecule has 1 saturated heterocycles. The molecule has 1 aromatic carbocycles. The maximum atomic E-state index is 12.5. The van der Waals surface area contributed by atoms with Gasteiger partial charge in [-0.25, -0.2) is 15.0 Å². The summed E-state index contributed by atoms with van der Waals surface area (Å²) in [6.45, 7) is 4.67. The second-order valence-corrected chi connectivity index (χ2v) is 7.21. The predicted molar refractivity (Wildman–Crippen MR) is 113 cm³/mol. The molecule has 148 valence electrons. The average molecular weight is 409 g/mol. The number of benzene rings is 1. The zero-order valence-corrected chi connectivity index (χ0v) is 16.8. The Hall–Kier alpha value is -3.19. The molecule has 4 rings (SSSR count). The second kappa shape index (κ2) is 8.45. The highest BCUT2D eigenvalue weighted by molar-refractivity contribution is 6.30. The van der Waals surface area contributed by atoms with E-state index in [2.05, 4.69) is 19.9 Å². The van der Waals surface area contributed by atoms with Gasteiger partial charge in [0.05, 0.1) is 0 Å². The lowest BCUT2D eigenvalue weighted by atomic mass is 10.2. The number of amides is 1. The highest BCUT2D eigenvalue weighted by Gasteiger charge is 2.21. The maximum Gasteiger partial charge on any atom is 0.246 e. The van der Waals surface area contributed by atoms with Crippen molar-refractivity contribution in [3.05, 3.63) is 71.5 Å². The highest BCUT2D eigenvalue weighted by atomic mass is 35.5. The van der Waals surface area contributed by atoms with Crippen LogP contribution in [-0.2, 0) is 4.79 Å². The molecule has 3 aromatic rings. The fourth-order valence-corrected chi connectivity index (χ4v) is 3.39. The van der Waals surface area contributed by atoms with Crippen molar-refractivity contribution < 1.29 is 4.79 Å². The normalized spacial score (nSPS) is 14.6. The zero-order valence-electron chi connectivity index (χ0n) is 16.1. The Labute approximate surface area is 174 Å². The topological polar surface area (TPSA) is 67.2 Å². The second-order valence-electron chi connectivity index (χ2n) is 6.78. The minimum Gasteiger partial charge on any atom is -0.353 e. The van der Waals surface area contributed by atoms with Gasteiger partial charge in [-0.15, -0.1) is 0 Å². The van der Waals surface area contributed by atoms with E-state index in [1.54, 1.807) is 18.6 Å². The van der Waals surface area contributed by atoms with E-state index in [1.807, 2.05) is 59.0 Å². The Morgan fingerprint density at radius 2 is 1.76 bits per heavy atom. The molecule has 0 bridgehead atoms. The number of carbonyl (C=O) groups is 1. The van der Waals surface area contributed by atoms with Gasteiger partial charge in [0.1, 0.15) is 23.8 Å². The number of anilines is 1. The van der Waals surface area contributed by atoms with Crippen LogP contribution in [-0.4, -0.2) is 56.5 Å². The standard InChI is InChI=1S/C21H21ClN6O/c1-16-23-8-9-28(16)20-14-19(24-15-25-20)26-10-12-27(13-11-26)21(29)7-4-17-2-5-18(22)6-3-17/h2-9,14-15H,10-13H2,1H3/b7-4+. The van der Waals surface area contributed by atoms with Crippen LogP contribution in [0.1, 0.15) is 11.4 Å². The number of imidazole rings is 1. The van der Waals surface area contributed by atoms with Gasteiger partial charge in [-0.1, -0.05) is 23.7 Å². The lowest BCUT2D eigenvalue weighted by Crippen LogP contribution is -2.48. The van der Waals surface area contributed by atoms with Crippen molar-refractivity contribution in [3.8, 4) is 5.82 Å². The fourth-order valence-electron chi connectivity index (χ4n) is 3.26. The van der Waals surface area contributed by atoms with Crippen LogP contribution in [0.5, 0.6) is 0 Å². The number of piperazine rings is 1. The van der Waals surface area contributed by atoms with E-state index in [0.717, 1.165) is 36.1 Å². The van der Waals surface area contributed by atoms with Gasteiger partial charge in [0.15, 0.2) is 0 Å². The Bertz CT molecular complexity index is 1020. The van der Waals surface area contributed by atoms with Gasteiger partial charge in [-0.05, 0) is 30.7 Å². The highest BCUT2D eigenvalue weighted by Crippen LogP contribution is 2.17. The quantitative estimate of drug-likeness (QED) is 0.621. The van der Waals surface area contributed by atoms with Gasteiger partial charge >= 0.3 is 0 Å². The van der Waals surface area contributed by atoms with Gasteiger partial charge in [-0.3, -0.25) is 9.36 Å². The summed E-state index contributed by atoms with van der Waals surface area (Å²) in [6.07, 6.45) is 8.62. The van der Waals surface area contributed by atoms with E-state index >= 15 is 0 Å². The summed E-state index contributed by atoms with van der Waals surface area (Å²) in [4.78, 5) is 29.5.